The summed E-state index contributed by atoms with van der Waals surface area (Å²) in [6, 6.07) is 23.0. The number of nitrogens with zero attached hydrogens (tertiary/aromatic N) is 1. The van der Waals surface area contributed by atoms with Gasteiger partial charge >= 0.3 is 11.9 Å². The van der Waals surface area contributed by atoms with E-state index in [0.29, 0.717) is 53.4 Å². The zero-order valence-corrected chi connectivity index (χ0v) is 25.6. The van der Waals surface area contributed by atoms with Crippen molar-refractivity contribution >= 4 is 11.9 Å². The molecule has 0 radical (unpaired) electrons. The molecule has 8 heteroatoms. The molecule has 226 valence electrons. The Morgan fingerprint density at radius 2 is 1.36 bits per heavy atom. The molecule has 1 unspecified atom stereocenters. The van der Waals surface area contributed by atoms with Gasteiger partial charge in [-0.1, -0.05) is 60.7 Å². The van der Waals surface area contributed by atoms with Crippen LogP contribution in [0.15, 0.2) is 72.8 Å². The van der Waals surface area contributed by atoms with Crippen LogP contribution in [0.25, 0.3) is 0 Å². The lowest BCUT2D eigenvalue weighted by Crippen LogP contribution is -2.49. The zero-order chi connectivity index (χ0) is 30.8. The van der Waals surface area contributed by atoms with Crippen LogP contribution in [0, 0.1) is 12.3 Å². The molecule has 0 spiro atoms. The highest BCUT2D eigenvalue weighted by Crippen LogP contribution is 2.33. The van der Waals surface area contributed by atoms with E-state index >= 15 is 0 Å². The lowest BCUT2D eigenvalue weighted by atomic mass is 9.97. The first-order valence-electron chi connectivity index (χ1n) is 14.2. The van der Waals surface area contributed by atoms with Gasteiger partial charge in [0.15, 0.2) is 11.5 Å². The molecule has 0 amide bonds. The number of hydrogen-bond acceptors (Lipinski definition) is 7. The number of quaternary nitrogens is 1. The van der Waals surface area contributed by atoms with Gasteiger partial charge in [0.05, 0.1) is 25.1 Å². The van der Waals surface area contributed by atoms with E-state index < -0.39 is 17.5 Å². The van der Waals surface area contributed by atoms with Crippen LogP contribution < -0.4 is 9.47 Å². The molecular formula is C34H44NO7+. The number of aryl methyl sites for hydroxylation is 1. The van der Waals surface area contributed by atoms with Crippen molar-refractivity contribution in [1.82, 2.24) is 0 Å². The third kappa shape index (κ3) is 10.5. The fourth-order valence-corrected chi connectivity index (χ4v) is 4.14. The number of aliphatic hydroxyl groups excluding tert-OH is 1. The number of esters is 2. The fraction of sp³-hybridized carbons (Fsp3) is 0.412. The van der Waals surface area contributed by atoms with E-state index in [9.17, 15) is 14.7 Å². The van der Waals surface area contributed by atoms with E-state index in [0.717, 1.165) is 11.1 Å². The molecule has 8 nitrogen and oxygen atoms in total. The van der Waals surface area contributed by atoms with Crippen molar-refractivity contribution in [3.05, 3.63) is 95.1 Å². The second kappa shape index (κ2) is 14.8. The largest absolute Gasteiger partial charge is 0.485 e. The van der Waals surface area contributed by atoms with Gasteiger partial charge in [-0.2, -0.15) is 0 Å². The van der Waals surface area contributed by atoms with Crippen LogP contribution in [0.1, 0.15) is 47.8 Å². The van der Waals surface area contributed by atoms with Crippen molar-refractivity contribution < 1.29 is 38.1 Å². The molecule has 0 aliphatic carbocycles. The molecule has 0 aliphatic rings. The number of hydrogen-bond donors (Lipinski definition) is 1. The molecule has 0 bridgehead atoms. The number of carbonyl (C=O) groups is 2. The fourth-order valence-electron chi connectivity index (χ4n) is 4.14. The average molecular weight is 579 g/mol. The normalized spacial score (nSPS) is 12.4. The molecule has 1 N–H and O–H groups in total. The Morgan fingerprint density at radius 1 is 0.833 bits per heavy atom. The number of carbonyl (C=O) groups excluding carboxylic acids is 2. The van der Waals surface area contributed by atoms with Crippen LogP contribution in [-0.2, 0) is 27.5 Å². The molecule has 3 rings (SSSR count). The maximum atomic E-state index is 13.1. The Kier molecular flexibility index (Phi) is 11.5. The maximum Gasteiger partial charge on any atom is 0.338 e. The minimum absolute atomic E-state index is 0.172. The maximum absolute atomic E-state index is 13.1. The molecule has 0 aromatic heterocycles. The Labute approximate surface area is 249 Å². The van der Waals surface area contributed by atoms with E-state index in [1.54, 1.807) is 32.9 Å². The van der Waals surface area contributed by atoms with Gasteiger partial charge in [0, 0.05) is 0 Å². The molecule has 3 aromatic carbocycles. The monoisotopic (exact) mass is 578 g/mol. The van der Waals surface area contributed by atoms with Crippen LogP contribution in [0.3, 0.4) is 0 Å². The molecule has 0 saturated heterocycles. The summed E-state index contributed by atoms with van der Waals surface area (Å²) in [5.74, 6) is 0.122. The third-order valence-electron chi connectivity index (χ3n) is 6.64. The minimum atomic E-state index is -0.898. The van der Waals surface area contributed by atoms with Gasteiger partial charge in [0.2, 0.25) is 0 Å². The Hall–Kier alpha value is -3.88. The van der Waals surface area contributed by atoms with Crippen LogP contribution >= 0.6 is 0 Å². The highest BCUT2D eigenvalue weighted by Gasteiger charge is 2.26. The topological polar surface area (TPSA) is 91.3 Å². The molecule has 42 heavy (non-hydrogen) atoms. The third-order valence-corrected chi connectivity index (χ3v) is 6.64. The summed E-state index contributed by atoms with van der Waals surface area (Å²) in [6.07, 6.45) is -0.898. The van der Waals surface area contributed by atoms with Gasteiger partial charge < -0.3 is 28.5 Å². The second-order valence-electron chi connectivity index (χ2n) is 12.1. The minimum Gasteiger partial charge on any atom is -0.485 e. The molecule has 1 atom stereocenters. The second-order valence-corrected chi connectivity index (χ2v) is 12.1. The lowest BCUT2D eigenvalue weighted by molar-refractivity contribution is -0.893. The van der Waals surface area contributed by atoms with Crippen LogP contribution in [0.2, 0.25) is 0 Å². The summed E-state index contributed by atoms with van der Waals surface area (Å²) in [5, 5.41) is 10.6. The predicted molar refractivity (Wildman–Crippen MR) is 161 cm³/mol. The first-order chi connectivity index (χ1) is 19.8. The Balaban J connectivity index is 1.63. The SMILES string of the molecule is Cc1cc(OCc2ccccc2)c(OCc2ccccc2)cc1C(=O)OCC(O)C[N+](C)(C)CCOC(=O)C(C)(C)C. The summed E-state index contributed by atoms with van der Waals surface area (Å²) >= 11 is 0. The van der Waals surface area contributed by atoms with Crippen molar-refractivity contribution in [1.29, 1.82) is 0 Å². The summed E-state index contributed by atoms with van der Waals surface area (Å²) in [5.41, 5.74) is 2.42. The Bertz CT molecular complexity index is 1300. The highest BCUT2D eigenvalue weighted by molar-refractivity contribution is 5.92. The molecular weight excluding hydrogens is 534 g/mol. The number of aliphatic hydroxyl groups is 1. The van der Waals surface area contributed by atoms with Gasteiger partial charge in [-0.15, -0.1) is 0 Å². The van der Waals surface area contributed by atoms with Gasteiger partial charge in [0.25, 0.3) is 0 Å². The molecule has 3 aromatic rings. The van der Waals surface area contributed by atoms with Crippen molar-refractivity contribution in [2.24, 2.45) is 5.41 Å². The number of benzene rings is 3. The standard InChI is InChI=1S/C34H44NO7/c1-25-19-30(40-22-26-13-9-7-10-14-26)31(41-23-27-15-11-8-12-16-27)20-29(25)32(37)42-24-28(36)21-35(5,6)17-18-39-33(38)34(2,3)4/h7-16,19-20,28,36H,17-18,21-24H2,1-6H3/q+1. The van der Waals surface area contributed by atoms with Crippen LogP contribution in [0.4, 0.5) is 0 Å². The summed E-state index contributed by atoms with van der Waals surface area (Å²) in [4.78, 5) is 25.1. The average Bonchev–Trinajstić information content (AvgIpc) is 2.94. The van der Waals surface area contributed by atoms with Crippen LogP contribution in [-0.4, -0.2) is 68.0 Å². The summed E-state index contributed by atoms with van der Waals surface area (Å²) in [7, 11) is 3.84. The smallest absolute Gasteiger partial charge is 0.338 e. The van der Waals surface area contributed by atoms with E-state index in [1.807, 2.05) is 81.7 Å². The van der Waals surface area contributed by atoms with Crippen molar-refractivity contribution in [2.75, 3.05) is 40.4 Å². The van der Waals surface area contributed by atoms with Crippen LogP contribution in [0.5, 0.6) is 11.5 Å². The first-order valence-corrected chi connectivity index (χ1v) is 14.2. The van der Waals surface area contributed by atoms with E-state index in [1.165, 1.54) is 0 Å². The number of rotatable bonds is 14. The van der Waals surface area contributed by atoms with Crippen molar-refractivity contribution in [3.8, 4) is 11.5 Å². The van der Waals surface area contributed by atoms with Crippen molar-refractivity contribution in [2.45, 2.75) is 47.0 Å². The number of ether oxygens (including phenoxy) is 4. The predicted octanol–water partition coefficient (Wildman–Crippen LogP) is 5.34. The summed E-state index contributed by atoms with van der Waals surface area (Å²) < 4.78 is 23.5. The van der Waals surface area contributed by atoms with Crippen molar-refractivity contribution in [3.63, 3.8) is 0 Å². The van der Waals surface area contributed by atoms with Gasteiger partial charge in [0.1, 0.15) is 45.6 Å². The first kappa shape index (κ1) is 32.6. The quantitative estimate of drug-likeness (QED) is 0.204. The van der Waals surface area contributed by atoms with Gasteiger partial charge in [-0.25, -0.2) is 4.79 Å². The summed E-state index contributed by atoms with van der Waals surface area (Å²) in [6.45, 7) is 8.76. The molecule has 0 fully saturated rings. The lowest BCUT2D eigenvalue weighted by Gasteiger charge is -2.31. The number of likely N-dealkylation sites (N-methyl/N-ethyl adjacent to an activating group) is 1. The molecule has 0 saturated carbocycles. The molecule has 0 aliphatic heterocycles. The van der Waals surface area contributed by atoms with Gasteiger partial charge in [-0.05, 0) is 56.5 Å². The highest BCUT2D eigenvalue weighted by atomic mass is 16.5. The van der Waals surface area contributed by atoms with E-state index in [4.69, 9.17) is 18.9 Å². The van der Waals surface area contributed by atoms with E-state index in [2.05, 4.69) is 0 Å². The zero-order valence-electron chi connectivity index (χ0n) is 25.6. The van der Waals surface area contributed by atoms with Gasteiger partial charge in [-0.3, -0.25) is 4.79 Å². The van der Waals surface area contributed by atoms with E-state index in [-0.39, 0.29) is 19.2 Å². The Morgan fingerprint density at radius 3 is 1.88 bits per heavy atom. The molecule has 0 heterocycles.